The third kappa shape index (κ3) is 64.8. The molecule has 0 amide bonds. The van der Waals surface area contributed by atoms with Crippen LogP contribution in [0, 0.1) is 11.8 Å². The summed E-state index contributed by atoms with van der Waals surface area (Å²) in [5.74, 6) is -0.684. The van der Waals surface area contributed by atoms with Gasteiger partial charge in [0.25, 0.3) is 0 Å². The first-order valence-corrected chi connectivity index (χ1v) is 40.0. The van der Waals surface area contributed by atoms with Crippen molar-refractivity contribution >= 4 is 39.5 Å². The first-order chi connectivity index (χ1) is 43.4. The number of hydrogen-bond donors (Lipinski definition) is 3. The summed E-state index contributed by atoms with van der Waals surface area (Å²) in [5, 5.41) is 10.6. The minimum atomic E-state index is -4.95. The standard InChI is InChI=1S/C71H138O17P2/c1-7-9-11-13-15-17-18-19-20-21-22-23-24-25-26-27-28-37-43-49-55-70(75)87-67(60-82-69(74)54-48-42-36-31-29-33-39-45-51-63(3)4)62-86-90(79,80)84-58-65(72)57-83-89(77,78)85-61-66(59-81-68(73)53-47-41-35-16-14-12-10-8-2)88-71(76)56-50-44-38-32-30-34-40-46-52-64(5)6/h63-67,72H,7-62H2,1-6H3,(H,77,78)(H,79,80)/t65-,66+,67+/m0/s1. The normalized spacial score (nSPS) is 14.1. The van der Waals surface area contributed by atoms with E-state index in [-0.39, 0.29) is 25.7 Å². The zero-order chi connectivity index (χ0) is 66.5. The summed E-state index contributed by atoms with van der Waals surface area (Å²) in [6, 6.07) is 0. The van der Waals surface area contributed by atoms with Crippen molar-refractivity contribution in [3.05, 3.63) is 0 Å². The van der Waals surface area contributed by atoms with Gasteiger partial charge in [-0.3, -0.25) is 37.3 Å². The molecule has 0 aliphatic carbocycles. The Morgan fingerprint density at radius 1 is 0.300 bits per heavy atom. The molecule has 0 aromatic carbocycles. The van der Waals surface area contributed by atoms with Gasteiger partial charge in [-0.25, -0.2) is 9.13 Å². The van der Waals surface area contributed by atoms with Gasteiger partial charge in [-0.1, -0.05) is 311 Å². The fraction of sp³-hybridized carbons (Fsp3) is 0.944. The predicted octanol–water partition coefficient (Wildman–Crippen LogP) is 20.4. The van der Waals surface area contributed by atoms with Gasteiger partial charge in [0.1, 0.15) is 19.3 Å². The van der Waals surface area contributed by atoms with Crippen LogP contribution >= 0.6 is 15.6 Å². The fourth-order valence-electron chi connectivity index (χ4n) is 10.8. The molecule has 0 bridgehead atoms. The minimum absolute atomic E-state index is 0.104. The number of carbonyl (C=O) groups is 4. The van der Waals surface area contributed by atoms with Crippen LogP contribution < -0.4 is 0 Å². The van der Waals surface area contributed by atoms with Crippen molar-refractivity contribution in [3.8, 4) is 0 Å². The van der Waals surface area contributed by atoms with Gasteiger partial charge >= 0.3 is 39.5 Å². The number of aliphatic hydroxyl groups excluding tert-OH is 1. The molecule has 534 valence electrons. The van der Waals surface area contributed by atoms with E-state index < -0.39 is 97.5 Å². The Bertz CT molecular complexity index is 1750. The van der Waals surface area contributed by atoms with Crippen LogP contribution in [0.4, 0.5) is 0 Å². The second-order valence-corrected chi connectivity index (χ2v) is 29.5. The first kappa shape index (κ1) is 88.1. The minimum Gasteiger partial charge on any atom is -0.462 e. The van der Waals surface area contributed by atoms with E-state index in [0.717, 1.165) is 108 Å². The second-order valence-electron chi connectivity index (χ2n) is 26.6. The van der Waals surface area contributed by atoms with E-state index in [9.17, 15) is 43.2 Å². The van der Waals surface area contributed by atoms with Crippen LogP contribution in [0.5, 0.6) is 0 Å². The summed E-state index contributed by atoms with van der Waals surface area (Å²) in [6.45, 7) is 9.45. The monoisotopic (exact) mass is 1320 g/mol. The number of esters is 4. The third-order valence-corrected chi connectivity index (χ3v) is 18.4. The van der Waals surface area contributed by atoms with Gasteiger partial charge < -0.3 is 33.8 Å². The molecule has 0 aliphatic heterocycles. The van der Waals surface area contributed by atoms with Crippen molar-refractivity contribution in [2.45, 2.75) is 381 Å². The van der Waals surface area contributed by atoms with E-state index in [1.54, 1.807) is 0 Å². The molecule has 0 aromatic heterocycles. The molecular formula is C71H138O17P2. The molecule has 0 fully saturated rings. The quantitative estimate of drug-likeness (QED) is 0.0222. The zero-order valence-electron chi connectivity index (χ0n) is 58.4. The Labute approximate surface area is 549 Å². The number of phosphoric ester groups is 2. The molecule has 0 heterocycles. The number of ether oxygens (including phenoxy) is 4. The van der Waals surface area contributed by atoms with Crippen LogP contribution in [-0.4, -0.2) is 96.7 Å². The van der Waals surface area contributed by atoms with E-state index >= 15 is 0 Å². The summed E-state index contributed by atoms with van der Waals surface area (Å²) in [4.78, 5) is 72.4. The highest BCUT2D eigenvalue weighted by Gasteiger charge is 2.30. The lowest BCUT2D eigenvalue weighted by Gasteiger charge is -2.21. The molecule has 90 heavy (non-hydrogen) atoms. The van der Waals surface area contributed by atoms with Crippen molar-refractivity contribution in [2.75, 3.05) is 39.6 Å². The van der Waals surface area contributed by atoms with Gasteiger partial charge in [-0.2, -0.15) is 0 Å². The largest absolute Gasteiger partial charge is 0.472 e. The van der Waals surface area contributed by atoms with E-state index in [0.29, 0.717) is 25.7 Å². The number of carbonyl (C=O) groups excluding carboxylic acids is 4. The molecule has 0 radical (unpaired) electrons. The second kappa shape index (κ2) is 63.1. The maximum atomic E-state index is 13.0. The highest BCUT2D eigenvalue weighted by atomic mass is 31.2. The lowest BCUT2D eigenvalue weighted by molar-refractivity contribution is -0.161. The molecule has 17 nitrogen and oxygen atoms in total. The SMILES string of the molecule is CCCCCCCCCCCCCCCCCCCCCCC(=O)O[C@H](COC(=O)CCCCCCCCCCC(C)C)COP(=O)(O)OC[C@@H](O)COP(=O)(O)OC[C@@H](COC(=O)CCCCCCCCCC)OC(=O)CCCCCCCCCCC(C)C. The lowest BCUT2D eigenvalue weighted by atomic mass is 10.0. The van der Waals surface area contributed by atoms with Crippen LogP contribution in [0.3, 0.4) is 0 Å². The summed E-state index contributed by atoms with van der Waals surface area (Å²) in [7, 11) is -9.90. The predicted molar refractivity (Wildman–Crippen MR) is 363 cm³/mol. The Morgan fingerprint density at radius 2 is 0.511 bits per heavy atom. The van der Waals surface area contributed by atoms with Gasteiger partial charge in [0.15, 0.2) is 12.2 Å². The molecule has 19 heteroatoms. The molecule has 0 saturated heterocycles. The average Bonchev–Trinajstić information content (AvgIpc) is 2.44. The number of rotatable bonds is 70. The van der Waals surface area contributed by atoms with Crippen LogP contribution in [0.2, 0.25) is 0 Å². The topological polar surface area (TPSA) is 237 Å². The number of hydrogen-bond acceptors (Lipinski definition) is 15. The van der Waals surface area contributed by atoms with Crippen LogP contribution in [0.1, 0.15) is 363 Å². The van der Waals surface area contributed by atoms with E-state index in [2.05, 4.69) is 41.5 Å². The first-order valence-electron chi connectivity index (χ1n) is 37.0. The lowest BCUT2D eigenvalue weighted by Crippen LogP contribution is -2.30. The molecule has 0 aromatic rings. The summed E-state index contributed by atoms with van der Waals surface area (Å²) >= 11 is 0. The fourth-order valence-corrected chi connectivity index (χ4v) is 12.3. The molecule has 5 atom stereocenters. The van der Waals surface area contributed by atoms with Gasteiger partial charge in [0, 0.05) is 25.7 Å². The Hall–Kier alpha value is -1.94. The third-order valence-electron chi connectivity index (χ3n) is 16.5. The van der Waals surface area contributed by atoms with E-state index in [4.69, 9.17) is 37.0 Å². The maximum Gasteiger partial charge on any atom is 0.472 e. The number of unbranched alkanes of at least 4 members (excludes halogenated alkanes) is 40. The Kier molecular flexibility index (Phi) is 61.8. The average molecular weight is 1330 g/mol. The number of aliphatic hydroxyl groups is 1. The van der Waals surface area contributed by atoms with Gasteiger partial charge in [0.05, 0.1) is 26.4 Å². The summed E-state index contributed by atoms with van der Waals surface area (Å²) in [6.07, 6.45) is 48.9. The highest BCUT2D eigenvalue weighted by Crippen LogP contribution is 2.45. The van der Waals surface area contributed by atoms with Crippen molar-refractivity contribution < 1.29 is 80.2 Å². The van der Waals surface area contributed by atoms with Crippen LogP contribution in [0.15, 0.2) is 0 Å². The summed E-state index contributed by atoms with van der Waals surface area (Å²) < 4.78 is 68.2. The van der Waals surface area contributed by atoms with Gasteiger partial charge in [-0.15, -0.1) is 0 Å². The maximum absolute atomic E-state index is 13.0. The van der Waals surface area contributed by atoms with Crippen LogP contribution in [-0.2, 0) is 65.4 Å². The smallest absolute Gasteiger partial charge is 0.462 e. The van der Waals surface area contributed by atoms with Gasteiger partial charge in [-0.05, 0) is 37.5 Å². The van der Waals surface area contributed by atoms with Crippen molar-refractivity contribution in [1.82, 2.24) is 0 Å². The van der Waals surface area contributed by atoms with E-state index in [1.165, 1.54) is 173 Å². The molecule has 0 saturated carbocycles. The summed E-state index contributed by atoms with van der Waals surface area (Å²) in [5.41, 5.74) is 0. The molecule has 0 rings (SSSR count). The van der Waals surface area contributed by atoms with Crippen molar-refractivity contribution in [3.63, 3.8) is 0 Å². The highest BCUT2D eigenvalue weighted by molar-refractivity contribution is 7.47. The number of phosphoric acid groups is 2. The van der Waals surface area contributed by atoms with Crippen molar-refractivity contribution in [2.24, 2.45) is 11.8 Å². The Balaban J connectivity index is 5.16. The molecule has 3 N–H and O–H groups in total. The molecular weight excluding hydrogens is 1190 g/mol. The Morgan fingerprint density at radius 3 is 0.756 bits per heavy atom. The van der Waals surface area contributed by atoms with Gasteiger partial charge in [0.2, 0.25) is 0 Å². The molecule has 2 unspecified atom stereocenters. The molecule has 0 spiro atoms. The van der Waals surface area contributed by atoms with E-state index in [1.807, 2.05) is 0 Å². The van der Waals surface area contributed by atoms with Crippen LogP contribution in [0.25, 0.3) is 0 Å². The van der Waals surface area contributed by atoms with Crippen molar-refractivity contribution in [1.29, 1.82) is 0 Å². The zero-order valence-corrected chi connectivity index (χ0v) is 60.2. The molecule has 0 aliphatic rings.